The van der Waals surface area contributed by atoms with E-state index in [1.165, 1.54) is 6.07 Å². The number of fused-ring (bicyclic) bond motifs is 2. The van der Waals surface area contributed by atoms with E-state index in [1.807, 2.05) is 12.3 Å². The molecule has 3 aromatic rings. The maximum absolute atomic E-state index is 13.0. The minimum Gasteiger partial charge on any atom is -0.476 e. The molecule has 4 heterocycles. The molecule has 0 radical (unpaired) electrons. The molecule has 2 aliphatic heterocycles. The number of nitrogens with zero attached hydrogens (tertiary/aromatic N) is 3. The van der Waals surface area contributed by atoms with Crippen molar-refractivity contribution in [2.75, 3.05) is 4.90 Å². The highest BCUT2D eigenvalue weighted by Gasteiger charge is 2.42. The van der Waals surface area contributed by atoms with Crippen molar-refractivity contribution in [3.63, 3.8) is 0 Å². The van der Waals surface area contributed by atoms with Crippen LogP contribution in [0.3, 0.4) is 0 Å². The molecule has 2 bridgehead atoms. The third-order valence-electron chi connectivity index (χ3n) is 7.69. The molecule has 0 spiro atoms. The number of anilines is 1. The molecule has 2 aromatic heterocycles. The minimum absolute atomic E-state index is 0.0577. The van der Waals surface area contributed by atoms with Gasteiger partial charge in [0, 0.05) is 40.7 Å². The Kier molecular flexibility index (Phi) is 6.27. The van der Waals surface area contributed by atoms with Crippen LogP contribution in [-0.2, 0) is 11.3 Å². The van der Waals surface area contributed by atoms with Crippen molar-refractivity contribution < 1.29 is 28.2 Å². The van der Waals surface area contributed by atoms with Crippen molar-refractivity contribution in [1.29, 1.82) is 0 Å². The number of nitrogens with one attached hydrogen (secondary N) is 1. The fourth-order valence-electron chi connectivity index (χ4n) is 5.90. The molecule has 2 N–H and O–H groups in total. The van der Waals surface area contributed by atoms with Gasteiger partial charge in [-0.15, -0.1) is 10.2 Å². The standard InChI is InChI=1S/C27H28F2N4O4/c28-27(29)37-23-4-2-1-3-19(23)20-13-30-25(15-5-6-15)21(20)14-36-18-11-16-7-8-17(12-18)33(16)24-10-9-22(26(34)35)31-32-24/h1-4,9-10,13,15-18,27,30H,5-8,11-12,14H2,(H,34,35). The van der Waals surface area contributed by atoms with Crippen LogP contribution in [0, 0.1) is 0 Å². The van der Waals surface area contributed by atoms with E-state index in [0.717, 1.165) is 55.3 Å². The van der Waals surface area contributed by atoms with Crippen molar-refractivity contribution in [2.24, 2.45) is 0 Å². The molecule has 6 rings (SSSR count). The molecule has 2 unspecified atom stereocenters. The average molecular weight is 511 g/mol. The number of carboxylic acid groups (broad SMARTS) is 1. The fraction of sp³-hybridized carbons (Fsp3) is 0.444. The number of rotatable bonds is 9. The molecular formula is C27H28F2N4O4. The fourth-order valence-corrected chi connectivity index (χ4v) is 5.90. The molecule has 37 heavy (non-hydrogen) atoms. The monoisotopic (exact) mass is 510 g/mol. The molecule has 1 aromatic carbocycles. The predicted molar refractivity (Wildman–Crippen MR) is 131 cm³/mol. The number of aromatic amines is 1. The molecule has 10 heteroatoms. The van der Waals surface area contributed by atoms with Crippen LogP contribution in [0.5, 0.6) is 5.75 Å². The second-order valence-corrected chi connectivity index (χ2v) is 10.0. The van der Waals surface area contributed by atoms with Gasteiger partial charge in [-0.05, 0) is 62.6 Å². The van der Waals surface area contributed by atoms with Gasteiger partial charge in [0.05, 0.1) is 12.7 Å². The predicted octanol–water partition coefficient (Wildman–Crippen LogP) is 5.37. The van der Waals surface area contributed by atoms with Gasteiger partial charge in [-0.3, -0.25) is 0 Å². The zero-order chi connectivity index (χ0) is 25.5. The Morgan fingerprint density at radius 3 is 2.46 bits per heavy atom. The van der Waals surface area contributed by atoms with E-state index >= 15 is 0 Å². The maximum Gasteiger partial charge on any atom is 0.387 e. The Morgan fingerprint density at radius 1 is 1.05 bits per heavy atom. The SMILES string of the molecule is O=C(O)c1ccc(N2C3CCC2CC(OCc2c(-c4ccccc4OC(F)F)c[nH]c2C2CC2)C3)nn1. The van der Waals surface area contributed by atoms with Crippen LogP contribution in [0.15, 0.2) is 42.6 Å². The highest BCUT2D eigenvalue weighted by Crippen LogP contribution is 2.46. The summed E-state index contributed by atoms with van der Waals surface area (Å²) in [7, 11) is 0. The second kappa shape index (κ2) is 9.74. The number of hydrogen-bond acceptors (Lipinski definition) is 6. The third kappa shape index (κ3) is 4.77. The lowest BCUT2D eigenvalue weighted by atomic mass is 9.98. The number of piperidine rings is 1. The van der Waals surface area contributed by atoms with Crippen LogP contribution in [0.25, 0.3) is 11.1 Å². The Labute approximate surface area is 212 Å². The van der Waals surface area contributed by atoms with Gasteiger partial charge in [-0.2, -0.15) is 8.78 Å². The lowest BCUT2D eigenvalue weighted by Crippen LogP contribution is -2.46. The summed E-state index contributed by atoms with van der Waals surface area (Å²) >= 11 is 0. The van der Waals surface area contributed by atoms with Gasteiger partial charge in [-0.25, -0.2) is 4.79 Å². The highest BCUT2D eigenvalue weighted by molar-refractivity contribution is 5.85. The molecule has 194 valence electrons. The molecular weight excluding hydrogens is 482 g/mol. The van der Waals surface area contributed by atoms with Crippen molar-refractivity contribution in [1.82, 2.24) is 15.2 Å². The number of aromatic carboxylic acids is 1. The Balaban J connectivity index is 1.19. The van der Waals surface area contributed by atoms with Gasteiger partial charge in [0.25, 0.3) is 0 Å². The summed E-state index contributed by atoms with van der Waals surface area (Å²) in [6.45, 7) is -2.50. The Morgan fingerprint density at radius 2 is 1.81 bits per heavy atom. The summed E-state index contributed by atoms with van der Waals surface area (Å²) < 4.78 is 37.4. The van der Waals surface area contributed by atoms with Gasteiger partial charge in [-0.1, -0.05) is 18.2 Å². The lowest BCUT2D eigenvalue weighted by Gasteiger charge is -2.39. The second-order valence-electron chi connectivity index (χ2n) is 10.0. The van der Waals surface area contributed by atoms with Gasteiger partial charge in [0.15, 0.2) is 11.5 Å². The number of hydrogen-bond donors (Lipinski definition) is 2. The normalized spacial score (nSPS) is 23.0. The quantitative estimate of drug-likeness (QED) is 0.399. The van der Waals surface area contributed by atoms with E-state index in [4.69, 9.17) is 14.6 Å². The number of halogens is 2. The first-order chi connectivity index (χ1) is 18.0. The van der Waals surface area contributed by atoms with Gasteiger partial charge >= 0.3 is 12.6 Å². The number of H-pyrrole nitrogens is 1. The first-order valence-corrected chi connectivity index (χ1v) is 12.7. The van der Waals surface area contributed by atoms with Crippen LogP contribution in [0.4, 0.5) is 14.6 Å². The number of aromatic nitrogens is 3. The van der Waals surface area contributed by atoms with E-state index in [0.29, 0.717) is 23.9 Å². The van der Waals surface area contributed by atoms with E-state index < -0.39 is 12.6 Å². The number of ether oxygens (including phenoxy) is 2. The number of benzene rings is 1. The largest absolute Gasteiger partial charge is 0.476 e. The highest BCUT2D eigenvalue weighted by atomic mass is 19.3. The van der Waals surface area contributed by atoms with Crippen molar-refractivity contribution in [3.05, 3.63) is 59.5 Å². The van der Waals surface area contributed by atoms with E-state index in [-0.39, 0.29) is 29.6 Å². The van der Waals surface area contributed by atoms with E-state index in [9.17, 15) is 13.6 Å². The van der Waals surface area contributed by atoms with Crippen molar-refractivity contribution >= 4 is 11.8 Å². The van der Waals surface area contributed by atoms with Crippen LogP contribution in [0.2, 0.25) is 0 Å². The van der Waals surface area contributed by atoms with Crippen LogP contribution < -0.4 is 9.64 Å². The van der Waals surface area contributed by atoms with Crippen LogP contribution in [-0.4, -0.2) is 51.1 Å². The zero-order valence-corrected chi connectivity index (χ0v) is 20.1. The van der Waals surface area contributed by atoms with Crippen LogP contribution >= 0.6 is 0 Å². The summed E-state index contributed by atoms with van der Waals surface area (Å²) in [5.41, 5.74) is 3.53. The first-order valence-electron chi connectivity index (χ1n) is 12.7. The Hall–Kier alpha value is -3.53. The number of carboxylic acids is 1. The third-order valence-corrected chi connectivity index (χ3v) is 7.69. The van der Waals surface area contributed by atoms with E-state index in [1.54, 1.807) is 24.3 Å². The van der Waals surface area contributed by atoms with Crippen molar-refractivity contribution in [2.45, 2.75) is 75.8 Å². The number of para-hydroxylation sites is 1. The Bertz CT molecular complexity index is 1260. The average Bonchev–Trinajstić information content (AvgIpc) is 3.59. The number of carbonyl (C=O) groups is 1. The molecule has 3 fully saturated rings. The van der Waals surface area contributed by atoms with Gasteiger partial charge in [0.2, 0.25) is 0 Å². The lowest BCUT2D eigenvalue weighted by molar-refractivity contribution is -0.0494. The topological polar surface area (TPSA) is 101 Å². The number of alkyl halides is 2. The maximum atomic E-state index is 13.0. The molecule has 8 nitrogen and oxygen atoms in total. The van der Waals surface area contributed by atoms with E-state index in [2.05, 4.69) is 20.1 Å². The molecule has 0 amide bonds. The molecule has 2 atom stereocenters. The van der Waals surface area contributed by atoms with Gasteiger partial charge < -0.3 is 24.5 Å². The van der Waals surface area contributed by atoms with Crippen LogP contribution in [0.1, 0.15) is 66.2 Å². The summed E-state index contributed by atoms with van der Waals surface area (Å²) in [4.78, 5) is 16.8. The minimum atomic E-state index is -2.90. The first kappa shape index (κ1) is 23.8. The van der Waals surface area contributed by atoms with Crippen molar-refractivity contribution in [3.8, 4) is 16.9 Å². The summed E-state index contributed by atoms with van der Waals surface area (Å²) in [6, 6.07) is 10.6. The summed E-state index contributed by atoms with van der Waals surface area (Å²) in [5.74, 6) is 0.213. The molecule has 1 aliphatic carbocycles. The molecule has 1 saturated carbocycles. The summed E-state index contributed by atoms with van der Waals surface area (Å²) in [6.07, 6.45) is 7.86. The summed E-state index contributed by atoms with van der Waals surface area (Å²) in [5, 5.41) is 17.1. The smallest absolute Gasteiger partial charge is 0.387 e. The van der Waals surface area contributed by atoms with Gasteiger partial charge in [0.1, 0.15) is 5.75 Å². The molecule has 3 aliphatic rings. The molecule has 2 saturated heterocycles. The zero-order valence-electron chi connectivity index (χ0n) is 20.1.